The highest BCUT2D eigenvalue weighted by molar-refractivity contribution is 14.1. The number of carbonyl (C=O) groups is 8. The first-order valence-electron chi connectivity index (χ1n) is 34.1. The summed E-state index contributed by atoms with van der Waals surface area (Å²) < 4.78 is 44.2. The van der Waals surface area contributed by atoms with Crippen molar-refractivity contribution in [1.82, 2.24) is 34.6 Å². The van der Waals surface area contributed by atoms with Crippen molar-refractivity contribution in [2.45, 2.75) is 102 Å². The summed E-state index contributed by atoms with van der Waals surface area (Å²) in [6.45, 7) is 4.67. The van der Waals surface area contributed by atoms with Gasteiger partial charge in [-0.3, -0.25) is 28.8 Å². The first kappa shape index (κ1) is 72.8. The van der Waals surface area contributed by atoms with Crippen molar-refractivity contribution in [3.8, 4) is 28.7 Å². The highest BCUT2D eigenvalue weighted by atomic mass is 127. The van der Waals surface area contributed by atoms with E-state index in [0.29, 0.717) is 88.9 Å². The first-order chi connectivity index (χ1) is 50.2. The van der Waals surface area contributed by atoms with Gasteiger partial charge in [0.1, 0.15) is 42.8 Å². The van der Waals surface area contributed by atoms with Crippen LogP contribution in [0.5, 0.6) is 28.7 Å². The number of nitrogens with zero attached hydrogens (tertiary/aromatic N) is 4. The molecule has 1 saturated carbocycles. The Morgan fingerprint density at radius 3 is 2.11 bits per heavy atom. The molecule has 9 N–H and O–H groups in total. The lowest BCUT2D eigenvalue weighted by Crippen LogP contribution is -2.55. The number of hydrogen-bond donors (Lipinski definition) is 9. The van der Waals surface area contributed by atoms with Gasteiger partial charge in [0, 0.05) is 66.6 Å². The van der Waals surface area contributed by atoms with Gasteiger partial charge in [-0.25, -0.2) is 20.0 Å². The molecule has 4 heterocycles. The fourth-order valence-electron chi connectivity index (χ4n) is 13.7. The Labute approximate surface area is 613 Å². The number of alkyl carbamates (subject to hydrolysis) is 1. The van der Waals surface area contributed by atoms with Gasteiger partial charge in [-0.1, -0.05) is 86.6 Å². The molecule has 28 nitrogen and oxygen atoms in total. The van der Waals surface area contributed by atoms with E-state index in [9.17, 15) is 43.5 Å². The predicted molar refractivity (Wildman–Crippen MR) is 391 cm³/mol. The van der Waals surface area contributed by atoms with E-state index in [0.717, 1.165) is 45.8 Å². The Balaban J connectivity index is 0.617. The smallest absolute Gasteiger partial charge is 0.416 e. The molecule has 0 radical (unpaired) electrons. The molecule has 2 fully saturated rings. The van der Waals surface area contributed by atoms with Gasteiger partial charge in [0.15, 0.2) is 29.2 Å². The van der Waals surface area contributed by atoms with Crippen molar-refractivity contribution in [3.05, 3.63) is 172 Å². The number of ether oxygens (including phenoxy) is 7. The van der Waals surface area contributed by atoms with Crippen molar-refractivity contribution in [2.75, 3.05) is 76.3 Å². The number of anilines is 3. The van der Waals surface area contributed by atoms with E-state index in [1.54, 1.807) is 91.4 Å². The van der Waals surface area contributed by atoms with E-state index in [1.165, 1.54) is 33.3 Å². The summed E-state index contributed by atoms with van der Waals surface area (Å²) in [4.78, 5) is 114. The van der Waals surface area contributed by atoms with Crippen LogP contribution in [0, 0.1) is 16.9 Å². The number of carbonyl (C=O) groups excluding carboxylic acids is 8. The maximum Gasteiger partial charge on any atom is 0.416 e. The van der Waals surface area contributed by atoms with Crippen LogP contribution in [0.4, 0.5) is 26.7 Å². The van der Waals surface area contributed by atoms with Crippen molar-refractivity contribution in [3.63, 3.8) is 0 Å². The quantitative estimate of drug-likeness (QED) is 0.0112. The first-order valence-corrected chi connectivity index (χ1v) is 35.2. The highest BCUT2D eigenvalue weighted by Gasteiger charge is 2.58. The third-order valence-corrected chi connectivity index (χ3v) is 20.0. The summed E-state index contributed by atoms with van der Waals surface area (Å²) in [5.41, 5.74) is 15.8. The van der Waals surface area contributed by atoms with Crippen LogP contribution >= 0.6 is 22.9 Å². The summed E-state index contributed by atoms with van der Waals surface area (Å²) in [6.07, 6.45) is 1.28. The number of benzene rings is 6. The number of halogens is 1. The summed E-state index contributed by atoms with van der Waals surface area (Å²) in [7, 11) is 4.56. The summed E-state index contributed by atoms with van der Waals surface area (Å²) in [5.74, 6) is -1.75. The molecule has 12 rings (SSSR count). The molecule has 1 spiro atoms. The molecule has 0 bridgehead atoms. The van der Waals surface area contributed by atoms with E-state index >= 15 is 0 Å². The van der Waals surface area contributed by atoms with Gasteiger partial charge in [0.2, 0.25) is 23.6 Å². The van der Waals surface area contributed by atoms with Gasteiger partial charge >= 0.3 is 12.2 Å². The minimum atomic E-state index is -1.50. The average Bonchev–Trinajstić information content (AvgIpc) is 1.57. The molecule has 2 aliphatic carbocycles. The Hall–Kier alpha value is -11.0. The SMILES string of the molecule is COc1ccc(C2=CN3C(=O)c4cc(OC)c(OCCCOc5cc6c(cc5OC)C(=O)N5CC7(CC7)CC5[C@H](O)N6C(=O)OCc5ccc(NC(=O)[C@H](C)NC(=O)[C@@H](NC(=O)CNC(=O)CNC(=O)OC6Cc7ccccc7/C(NI)=C(/N=N)c7ccccc76)C(C)C)cc5)cc4NCC3C2)cc1. The molecule has 3 unspecified atom stereocenters. The Morgan fingerprint density at radius 2 is 1.42 bits per heavy atom. The summed E-state index contributed by atoms with van der Waals surface area (Å²) in [6, 6.07) is 32.1. The number of aliphatic hydroxyl groups excluding tert-OH is 1. The monoisotopic (exact) mass is 1530 g/mol. The van der Waals surface area contributed by atoms with Crippen molar-refractivity contribution >= 4 is 105 Å². The largest absolute Gasteiger partial charge is 0.497 e. The van der Waals surface area contributed by atoms with Crippen LogP contribution in [-0.4, -0.2) is 154 Å². The summed E-state index contributed by atoms with van der Waals surface area (Å²) in [5, 5.41) is 32.4. The van der Waals surface area contributed by atoms with Crippen LogP contribution in [0.1, 0.15) is 113 Å². The van der Waals surface area contributed by atoms with E-state index in [1.807, 2.05) is 77.6 Å². The average molecular weight is 1530 g/mol. The Morgan fingerprint density at radius 1 is 0.740 bits per heavy atom. The van der Waals surface area contributed by atoms with Crippen molar-refractivity contribution in [1.29, 1.82) is 5.53 Å². The third-order valence-electron chi connectivity index (χ3n) is 19.4. The van der Waals surface area contributed by atoms with E-state index in [-0.39, 0.29) is 72.3 Å². The lowest BCUT2D eigenvalue weighted by molar-refractivity contribution is -0.132. The molecule has 104 heavy (non-hydrogen) atoms. The molecule has 1 saturated heterocycles. The van der Waals surface area contributed by atoms with Crippen molar-refractivity contribution < 1.29 is 76.6 Å². The molecule has 6 aromatic rings. The molecule has 29 heteroatoms. The second-order valence-corrected chi connectivity index (χ2v) is 27.1. The lowest BCUT2D eigenvalue weighted by atomic mass is 9.88. The molecule has 6 aromatic carbocycles. The zero-order chi connectivity index (χ0) is 73.5. The Kier molecular flexibility index (Phi) is 22.2. The molecule has 544 valence electrons. The molecule has 8 amide bonds. The Bertz CT molecular complexity index is 4390. The topological polar surface area (TPSA) is 352 Å². The number of fused-ring (bicyclic) bond motifs is 6. The molecular weight excluding hydrogens is 1450 g/mol. The third kappa shape index (κ3) is 15.8. The predicted octanol–water partition coefficient (Wildman–Crippen LogP) is 9.23. The zero-order valence-electron chi connectivity index (χ0n) is 58.1. The van der Waals surface area contributed by atoms with Crippen molar-refractivity contribution in [2.24, 2.45) is 16.4 Å². The standard InChI is InChI=1S/C75H81IN12O16/c1-41(2)65(83-64(90)37-79-63(89)36-80-73(96)104-58-29-45-12-7-8-13-50(45)66(84-76)67(85-77)52-15-10-9-14-51(52)58)69(92)81-42(3)68(91)82-47-20-16-43(17-21-47)39-103-74(97)88-56-33-62(60(100-6)31-54(56)71(94)87-40-75(24-25-75)34-57(87)72(88)95)102-27-11-26-101-61-32-55-53(30-59(61)99-5)70(93)86-38-46(28-48(86)35-78-55)44-18-22-49(98-4)23-19-44/h7-10,12-23,30-33,38,41-42,48,57-58,65,72,77-78,84,95H,11,24-29,34-37,39-40H2,1-6H3,(H,79,89)(H,80,96)(H,81,92)(H,82,91)(H,83,90)/b67-66-,85-77?/t42-,48?,57?,58?,65-,72-/m0/s1. The minimum absolute atomic E-state index is 0.0563. The maximum atomic E-state index is 14.5. The lowest BCUT2D eigenvalue weighted by Gasteiger charge is -2.31. The van der Waals surface area contributed by atoms with Crippen LogP contribution in [0.3, 0.4) is 0 Å². The van der Waals surface area contributed by atoms with Crippen LogP contribution < -0.4 is 64.0 Å². The number of aliphatic hydroxyl groups is 1. The fourth-order valence-corrected chi connectivity index (χ4v) is 14.2. The molecule has 6 aliphatic rings. The number of hydrogen-bond acceptors (Lipinski definition) is 20. The zero-order valence-corrected chi connectivity index (χ0v) is 60.3. The van der Waals surface area contributed by atoms with Gasteiger partial charge < -0.3 is 83.5 Å². The van der Waals surface area contributed by atoms with Crippen LogP contribution in [0.15, 0.2) is 133 Å². The molecule has 0 aromatic heterocycles. The minimum Gasteiger partial charge on any atom is -0.497 e. The van der Waals surface area contributed by atoms with Gasteiger partial charge in [-0.2, -0.15) is 5.11 Å². The maximum absolute atomic E-state index is 14.5. The van der Waals surface area contributed by atoms with Gasteiger partial charge in [0.05, 0.1) is 104 Å². The van der Waals surface area contributed by atoms with Gasteiger partial charge in [-0.15, -0.1) is 0 Å². The normalized spacial score (nSPS) is 19.3. The molecule has 6 atom stereocenters. The van der Waals surface area contributed by atoms with E-state index in [4.69, 9.17) is 38.7 Å². The van der Waals surface area contributed by atoms with Crippen LogP contribution in [0.2, 0.25) is 0 Å². The summed E-state index contributed by atoms with van der Waals surface area (Å²) >= 11 is 1.99. The highest BCUT2D eigenvalue weighted by Crippen LogP contribution is 2.57. The number of rotatable bonds is 25. The van der Waals surface area contributed by atoms with Gasteiger partial charge in [-0.05, 0) is 103 Å². The second kappa shape index (κ2) is 31.7. The van der Waals surface area contributed by atoms with E-state index < -0.39 is 85.3 Å². The van der Waals surface area contributed by atoms with Crippen LogP contribution in [-0.2, 0) is 41.7 Å². The number of nitrogens with one attached hydrogen (secondary N) is 8. The fraction of sp³-hybridized carbons (Fsp3) is 0.360. The second-order valence-electron chi connectivity index (χ2n) is 26.6. The number of methoxy groups -OCH3 is 3. The molecule has 4 aliphatic heterocycles. The van der Waals surface area contributed by atoms with Crippen LogP contribution in [0.25, 0.3) is 17.0 Å². The van der Waals surface area contributed by atoms with Gasteiger partial charge in [0.25, 0.3) is 11.8 Å². The van der Waals surface area contributed by atoms with E-state index in [2.05, 4.69) is 40.5 Å². The molecular formula is C75H81IN12O16. The number of amides is 8.